The maximum atomic E-state index is 12.2. The molecule has 0 aliphatic carbocycles. The molecule has 1 fully saturated rings. The second kappa shape index (κ2) is 8.30. The van der Waals surface area contributed by atoms with E-state index in [9.17, 15) is 4.79 Å². The number of aromatic nitrogens is 2. The van der Waals surface area contributed by atoms with Crippen molar-refractivity contribution in [3.05, 3.63) is 41.1 Å². The van der Waals surface area contributed by atoms with Crippen molar-refractivity contribution in [1.29, 1.82) is 0 Å². The molecule has 24 heavy (non-hydrogen) atoms. The lowest BCUT2D eigenvalue weighted by atomic mass is 10.2. The molecule has 0 spiro atoms. The fourth-order valence-electron chi connectivity index (χ4n) is 3.16. The number of imidazole rings is 1. The van der Waals surface area contributed by atoms with Gasteiger partial charge >= 0.3 is 6.03 Å². The summed E-state index contributed by atoms with van der Waals surface area (Å²) < 4.78 is 1.96. The summed E-state index contributed by atoms with van der Waals surface area (Å²) in [6, 6.07) is 4.46. The maximum absolute atomic E-state index is 12.2. The molecule has 2 N–H and O–H groups in total. The summed E-state index contributed by atoms with van der Waals surface area (Å²) >= 11 is 1.76. The van der Waals surface area contributed by atoms with Gasteiger partial charge in [0.25, 0.3) is 0 Å². The molecule has 0 aromatic carbocycles. The van der Waals surface area contributed by atoms with Crippen molar-refractivity contribution in [1.82, 2.24) is 25.1 Å². The van der Waals surface area contributed by atoms with Gasteiger partial charge in [-0.1, -0.05) is 6.07 Å². The molecule has 1 saturated heterocycles. The number of nitrogens with one attached hydrogen (secondary N) is 2. The first-order valence-corrected chi connectivity index (χ1v) is 9.38. The average Bonchev–Trinajstić information content (AvgIpc) is 3.31. The van der Waals surface area contributed by atoms with Crippen molar-refractivity contribution in [3.8, 4) is 0 Å². The van der Waals surface area contributed by atoms with Crippen LogP contribution in [0.5, 0.6) is 0 Å². The first-order valence-electron chi connectivity index (χ1n) is 8.50. The summed E-state index contributed by atoms with van der Waals surface area (Å²) in [5, 5.41) is 8.15. The number of rotatable bonds is 7. The van der Waals surface area contributed by atoms with Gasteiger partial charge in [0.1, 0.15) is 0 Å². The minimum absolute atomic E-state index is 0.0474. The van der Waals surface area contributed by atoms with Gasteiger partial charge in [-0.3, -0.25) is 4.90 Å². The summed E-state index contributed by atoms with van der Waals surface area (Å²) in [7, 11) is 0. The number of thiophene rings is 1. The Hall–Kier alpha value is -1.86. The minimum atomic E-state index is -0.108. The largest absolute Gasteiger partial charge is 0.336 e. The third kappa shape index (κ3) is 4.58. The van der Waals surface area contributed by atoms with Crippen molar-refractivity contribution in [2.24, 2.45) is 0 Å². The number of hydrogen-bond acceptors (Lipinski definition) is 4. The van der Waals surface area contributed by atoms with Gasteiger partial charge < -0.3 is 15.2 Å². The van der Waals surface area contributed by atoms with Gasteiger partial charge in [-0.05, 0) is 44.3 Å². The standard InChI is InChI=1S/C17H25N5OS/c1-14(12-21-9-6-18-13-21)20-17(23)19-11-15(16-5-4-10-24-16)22-7-2-3-8-22/h4-6,9-10,13-15H,2-3,7-8,11-12H2,1H3,(H2,19,20,23). The molecule has 2 amide bonds. The number of amides is 2. The average molecular weight is 347 g/mol. The predicted molar refractivity (Wildman–Crippen MR) is 96.1 cm³/mol. The third-order valence-corrected chi connectivity index (χ3v) is 5.30. The molecule has 130 valence electrons. The Kier molecular flexibility index (Phi) is 5.87. The Balaban J connectivity index is 1.49. The van der Waals surface area contributed by atoms with Crippen LogP contribution in [0.25, 0.3) is 0 Å². The second-order valence-corrected chi connectivity index (χ2v) is 7.27. The van der Waals surface area contributed by atoms with Crippen LogP contribution in [0.15, 0.2) is 36.2 Å². The van der Waals surface area contributed by atoms with Crippen LogP contribution in [-0.4, -0.2) is 46.2 Å². The summed E-state index contributed by atoms with van der Waals surface area (Å²) in [6.45, 7) is 5.58. The molecule has 1 aliphatic heterocycles. The van der Waals surface area contributed by atoms with E-state index < -0.39 is 0 Å². The van der Waals surface area contributed by atoms with E-state index in [1.165, 1.54) is 17.7 Å². The molecule has 2 aromatic rings. The summed E-state index contributed by atoms with van der Waals surface area (Å²) in [4.78, 5) is 20.0. The topological polar surface area (TPSA) is 62.2 Å². The van der Waals surface area contributed by atoms with Crippen LogP contribution in [0.2, 0.25) is 0 Å². The highest BCUT2D eigenvalue weighted by atomic mass is 32.1. The van der Waals surface area contributed by atoms with Crippen LogP contribution in [-0.2, 0) is 6.54 Å². The molecule has 6 nitrogen and oxygen atoms in total. The van der Waals surface area contributed by atoms with E-state index in [1.807, 2.05) is 17.7 Å². The first-order chi connectivity index (χ1) is 11.7. The lowest BCUT2D eigenvalue weighted by Gasteiger charge is -2.27. The van der Waals surface area contributed by atoms with E-state index >= 15 is 0 Å². The fraction of sp³-hybridized carbons (Fsp3) is 0.529. The van der Waals surface area contributed by atoms with Crippen molar-refractivity contribution >= 4 is 17.4 Å². The quantitative estimate of drug-likeness (QED) is 0.809. The summed E-state index contributed by atoms with van der Waals surface area (Å²) in [5.74, 6) is 0. The Morgan fingerprint density at radius 3 is 2.92 bits per heavy atom. The maximum Gasteiger partial charge on any atom is 0.315 e. The number of carbonyl (C=O) groups is 1. The molecule has 0 saturated carbocycles. The predicted octanol–water partition coefficient (Wildman–Crippen LogP) is 2.47. The molecule has 2 unspecified atom stereocenters. The zero-order chi connectivity index (χ0) is 16.8. The third-order valence-electron chi connectivity index (χ3n) is 4.33. The van der Waals surface area contributed by atoms with Crippen LogP contribution in [0.3, 0.4) is 0 Å². The van der Waals surface area contributed by atoms with Crippen LogP contribution < -0.4 is 10.6 Å². The van der Waals surface area contributed by atoms with Gasteiger partial charge in [0, 0.05) is 36.4 Å². The molecular weight excluding hydrogens is 322 g/mol. The van der Waals surface area contributed by atoms with Gasteiger partial charge in [-0.25, -0.2) is 9.78 Å². The van der Waals surface area contributed by atoms with Crippen molar-refractivity contribution < 1.29 is 4.79 Å². The van der Waals surface area contributed by atoms with E-state index in [0.717, 1.165) is 13.1 Å². The number of urea groups is 1. The molecule has 0 bridgehead atoms. The van der Waals surface area contributed by atoms with Gasteiger partial charge in [-0.2, -0.15) is 0 Å². The number of hydrogen-bond donors (Lipinski definition) is 2. The summed E-state index contributed by atoms with van der Waals surface area (Å²) in [6.07, 6.45) is 7.90. The van der Waals surface area contributed by atoms with Gasteiger partial charge in [-0.15, -0.1) is 11.3 Å². The Morgan fingerprint density at radius 2 is 2.25 bits per heavy atom. The smallest absolute Gasteiger partial charge is 0.315 e. The molecule has 7 heteroatoms. The number of carbonyl (C=O) groups excluding carboxylic acids is 1. The fourth-order valence-corrected chi connectivity index (χ4v) is 4.03. The molecule has 3 heterocycles. The van der Waals surface area contributed by atoms with Gasteiger partial charge in [0.2, 0.25) is 0 Å². The van der Waals surface area contributed by atoms with E-state index in [0.29, 0.717) is 13.1 Å². The van der Waals surface area contributed by atoms with E-state index in [2.05, 4.69) is 38.0 Å². The van der Waals surface area contributed by atoms with E-state index in [4.69, 9.17) is 0 Å². The van der Waals surface area contributed by atoms with E-state index in [1.54, 1.807) is 23.9 Å². The highest BCUT2D eigenvalue weighted by Crippen LogP contribution is 2.27. The van der Waals surface area contributed by atoms with Crippen LogP contribution in [0.1, 0.15) is 30.7 Å². The molecule has 2 aromatic heterocycles. The zero-order valence-corrected chi connectivity index (χ0v) is 14.8. The molecular formula is C17H25N5OS. The minimum Gasteiger partial charge on any atom is -0.336 e. The lowest BCUT2D eigenvalue weighted by Crippen LogP contribution is -2.45. The van der Waals surface area contributed by atoms with Crippen molar-refractivity contribution in [2.45, 2.75) is 38.4 Å². The Morgan fingerprint density at radius 1 is 1.42 bits per heavy atom. The van der Waals surface area contributed by atoms with Crippen LogP contribution in [0, 0.1) is 0 Å². The summed E-state index contributed by atoms with van der Waals surface area (Å²) in [5.41, 5.74) is 0. The van der Waals surface area contributed by atoms with Crippen LogP contribution in [0.4, 0.5) is 4.79 Å². The number of likely N-dealkylation sites (tertiary alicyclic amines) is 1. The molecule has 0 radical (unpaired) electrons. The molecule has 1 aliphatic rings. The monoisotopic (exact) mass is 347 g/mol. The normalized spacial score (nSPS) is 17.5. The Bertz CT molecular complexity index is 607. The highest BCUT2D eigenvalue weighted by molar-refractivity contribution is 7.10. The second-order valence-electron chi connectivity index (χ2n) is 6.29. The highest BCUT2D eigenvalue weighted by Gasteiger charge is 2.24. The SMILES string of the molecule is CC(Cn1ccnc1)NC(=O)NCC(c1cccs1)N1CCCC1. The van der Waals surface area contributed by atoms with Crippen LogP contribution >= 0.6 is 11.3 Å². The van der Waals surface area contributed by atoms with Crippen molar-refractivity contribution in [2.75, 3.05) is 19.6 Å². The first kappa shape index (κ1) is 17.0. The molecule has 2 atom stereocenters. The van der Waals surface area contributed by atoms with Gasteiger partial charge in [0.15, 0.2) is 0 Å². The number of nitrogens with zero attached hydrogens (tertiary/aromatic N) is 3. The van der Waals surface area contributed by atoms with Gasteiger partial charge in [0.05, 0.1) is 12.4 Å². The van der Waals surface area contributed by atoms with E-state index in [-0.39, 0.29) is 18.1 Å². The zero-order valence-electron chi connectivity index (χ0n) is 14.0. The van der Waals surface area contributed by atoms with Crippen molar-refractivity contribution in [3.63, 3.8) is 0 Å². The lowest BCUT2D eigenvalue weighted by molar-refractivity contribution is 0.219. The Labute approximate surface area is 146 Å². The molecule has 3 rings (SSSR count).